The van der Waals surface area contributed by atoms with Gasteiger partial charge in [-0.25, -0.2) is 4.98 Å². The monoisotopic (exact) mass is 354 g/mol. The first-order valence-corrected chi connectivity index (χ1v) is 9.09. The second-order valence-electron chi connectivity index (χ2n) is 7.07. The fourth-order valence-corrected chi connectivity index (χ4v) is 3.26. The van der Waals surface area contributed by atoms with Crippen molar-refractivity contribution in [3.63, 3.8) is 0 Å². The molecule has 1 fully saturated rings. The Morgan fingerprint density at radius 2 is 1.85 bits per heavy atom. The van der Waals surface area contributed by atoms with Crippen LogP contribution in [0.5, 0.6) is 5.88 Å². The lowest BCUT2D eigenvalue weighted by molar-refractivity contribution is -0.125. The summed E-state index contributed by atoms with van der Waals surface area (Å²) in [6.45, 7) is 7.12. The van der Waals surface area contributed by atoms with Crippen LogP contribution >= 0.6 is 0 Å². The Kier molecular flexibility index (Phi) is 5.57. The number of benzene rings is 1. The Balaban J connectivity index is 1.81. The van der Waals surface area contributed by atoms with Crippen molar-refractivity contribution < 1.29 is 14.3 Å². The minimum Gasteiger partial charge on any atom is -0.475 e. The highest BCUT2D eigenvalue weighted by atomic mass is 16.5. The summed E-state index contributed by atoms with van der Waals surface area (Å²) in [6.07, 6.45) is 3.04. The summed E-state index contributed by atoms with van der Waals surface area (Å²) in [6, 6.07) is 11.8. The number of amides is 1. The number of hydrogen-bond donors (Lipinski definition) is 1. The number of carbonyl (C=O) groups is 1. The number of nitrogens with zero attached hydrogens (tertiary/aromatic N) is 1. The average molecular weight is 354 g/mol. The van der Waals surface area contributed by atoms with Crippen LogP contribution in [0.25, 0.3) is 0 Å². The van der Waals surface area contributed by atoms with Gasteiger partial charge >= 0.3 is 0 Å². The summed E-state index contributed by atoms with van der Waals surface area (Å²) in [5.74, 6) is 0.543. The van der Waals surface area contributed by atoms with Gasteiger partial charge in [0.15, 0.2) is 0 Å². The van der Waals surface area contributed by atoms with E-state index < -0.39 is 5.41 Å². The smallest absolute Gasteiger partial charge is 0.235 e. The van der Waals surface area contributed by atoms with Crippen LogP contribution in [0, 0.1) is 6.92 Å². The van der Waals surface area contributed by atoms with Gasteiger partial charge in [0, 0.05) is 19.3 Å². The average Bonchev–Trinajstić information content (AvgIpc) is 2.64. The van der Waals surface area contributed by atoms with Crippen LogP contribution in [0.15, 0.2) is 42.6 Å². The molecule has 0 aliphatic carbocycles. The molecule has 1 N–H and O–H groups in total. The van der Waals surface area contributed by atoms with Crippen molar-refractivity contribution in [3.05, 3.63) is 53.7 Å². The van der Waals surface area contributed by atoms with Crippen molar-refractivity contribution >= 4 is 11.6 Å². The minimum atomic E-state index is -0.570. The number of pyridine rings is 1. The van der Waals surface area contributed by atoms with E-state index in [0.29, 0.717) is 37.6 Å². The van der Waals surface area contributed by atoms with Gasteiger partial charge in [0.2, 0.25) is 11.8 Å². The molecule has 1 saturated heterocycles. The van der Waals surface area contributed by atoms with Crippen molar-refractivity contribution in [1.29, 1.82) is 0 Å². The number of ether oxygens (including phenoxy) is 2. The Morgan fingerprint density at radius 1 is 1.15 bits per heavy atom. The summed E-state index contributed by atoms with van der Waals surface area (Å²) in [5, 5.41) is 3.03. The van der Waals surface area contributed by atoms with Gasteiger partial charge in [-0.15, -0.1) is 0 Å². The normalized spacial score (nSPS) is 16.3. The molecule has 0 spiro atoms. The molecular weight excluding hydrogens is 328 g/mol. The maximum atomic E-state index is 13.2. The second kappa shape index (κ2) is 7.87. The molecule has 5 heteroatoms. The lowest BCUT2D eigenvalue weighted by Crippen LogP contribution is -2.44. The summed E-state index contributed by atoms with van der Waals surface area (Å²) >= 11 is 0. The third kappa shape index (κ3) is 4.05. The van der Waals surface area contributed by atoms with Crippen LogP contribution < -0.4 is 10.1 Å². The molecule has 0 atom stereocenters. The third-order valence-electron chi connectivity index (χ3n) is 4.74. The van der Waals surface area contributed by atoms with E-state index >= 15 is 0 Å². The predicted octanol–water partition coefficient (Wildman–Crippen LogP) is 3.86. The van der Waals surface area contributed by atoms with Crippen molar-refractivity contribution in [3.8, 4) is 5.88 Å². The van der Waals surface area contributed by atoms with Crippen LogP contribution in [0.1, 0.15) is 37.8 Å². The molecule has 1 aromatic heterocycles. The summed E-state index contributed by atoms with van der Waals surface area (Å²) < 4.78 is 11.1. The molecule has 3 rings (SSSR count). The van der Waals surface area contributed by atoms with Crippen molar-refractivity contribution in [1.82, 2.24) is 4.98 Å². The molecule has 0 saturated carbocycles. The molecule has 2 aromatic rings. The standard InChI is InChI=1S/C21H26N2O3/c1-15(2)26-19-9-8-18(14-22-19)23-20(24)21(10-12-25-13-11-21)17-6-4-16(3)5-7-17/h4-9,14-15H,10-13H2,1-3H3,(H,23,24). The first kappa shape index (κ1) is 18.4. The van der Waals surface area contributed by atoms with E-state index in [2.05, 4.69) is 34.6 Å². The highest BCUT2D eigenvalue weighted by molar-refractivity contribution is 5.99. The zero-order valence-corrected chi connectivity index (χ0v) is 15.6. The van der Waals surface area contributed by atoms with E-state index in [4.69, 9.17) is 9.47 Å². The van der Waals surface area contributed by atoms with Gasteiger partial charge in [-0.05, 0) is 45.2 Å². The van der Waals surface area contributed by atoms with Crippen LogP contribution in [0.2, 0.25) is 0 Å². The number of anilines is 1. The topological polar surface area (TPSA) is 60.5 Å². The second-order valence-corrected chi connectivity index (χ2v) is 7.07. The van der Waals surface area contributed by atoms with Gasteiger partial charge in [-0.3, -0.25) is 4.79 Å². The number of nitrogens with one attached hydrogen (secondary N) is 1. The zero-order valence-electron chi connectivity index (χ0n) is 15.6. The molecule has 138 valence electrons. The molecule has 0 unspecified atom stereocenters. The Bertz CT molecular complexity index is 733. The lowest BCUT2D eigenvalue weighted by atomic mass is 9.73. The summed E-state index contributed by atoms with van der Waals surface area (Å²) in [7, 11) is 0. The van der Waals surface area contributed by atoms with Gasteiger partial charge in [0.1, 0.15) is 0 Å². The first-order chi connectivity index (χ1) is 12.5. The van der Waals surface area contributed by atoms with E-state index in [-0.39, 0.29) is 12.0 Å². The molecule has 26 heavy (non-hydrogen) atoms. The number of carbonyl (C=O) groups excluding carboxylic acids is 1. The van der Waals surface area contributed by atoms with E-state index in [1.165, 1.54) is 5.56 Å². The van der Waals surface area contributed by atoms with Gasteiger partial charge in [0.05, 0.1) is 23.4 Å². The van der Waals surface area contributed by atoms with E-state index in [1.54, 1.807) is 12.3 Å². The molecule has 1 aliphatic rings. The first-order valence-electron chi connectivity index (χ1n) is 9.09. The Hall–Kier alpha value is -2.40. The maximum absolute atomic E-state index is 13.2. The Labute approximate surface area is 154 Å². The highest BCUT2D eigenvalue weighted by Crippen LogP contribution is 2.36. The molecular formula is C21H26N2O3. The fourth-order valence-electron chi connectivity index (χ4n) is 3.26. The molecule has 2 heterocycles. The SMILES string of the molecule is Cc1ccc(C2(C(=O)Nc3ccc(OC(C)C)nc3)CCOCC2)cc1. The summed E-state index contributed by atoms with van der Waals surface area (Å²) in [4.78, 5) is 17.5. The third-order valence-corrected chi connectivity index (χ3v) is 4.74. The van der Waals surface area contributed by atoms with E-state index in [0.717, 1.165) is 5.56 Å². The van der Waals surface area contributed by atoms with Crippen LogP contribution in [-0.2, 0) is 14.9 Å². The zero-order chi connectivity index (χ0) is 18.6. The number of rotatable bonds is 5. The van der Waals surface area contributed by atoms with Gasteiger partial charge in [-0.2, -0.15) is 0 Å². The van der Waals surface area contributed by atoms with Crippen LogP contribution in [-0.4, -0.2) is 30.2 Å². The minimum absolute atomic E-state index is 0.0102. The van der Waals surface area contributed by atoms with Crippen molar-refractivity contribution in [2.24, 2.45) is 0 Å². The van der Waals surface area contributed by atoms with Crippen molar-refractivity contribution in [2.45, 2.75) is 45.1 Å². The quantitative estimate of drug-likeness (QED) is 0.886. The number of aromatic nitrogens is 1. The van der Waals surface area contributed by atoms with Gasteiger partial charge in [0.25, 0.3) is 0 Å². The largest absolute Gasteiger partial charge is 0.475 e. The molecule has 5 nitrogen and oxygen atoms in total. The number of hydrogen-bond acceptors (Lipinski definition) is 4. The Morgan fingerprint density at radius 3 is 2.42 bits per heavy atom. The summed E-state index contributed by atoms with van der Waals surface area (Å²) in [5.41, 5.74) is 2.32. The molecule has 1 aliphatic heterocycles. The van der Waals surface area contributed by atoms with E-state index in [1.807, 2.05) is 26.8 Å². The van der Waals surface area contributed by atoms with Gasteiger partial charge in [-0.1, -0.05) is 29.8 Å². The molecule has 1 amide bonds. The number of aryl methyl sites for hydroxylation is 1. The van der Waals surface area contributed by atoms with Crippen molar-refractivity contribution in [2.75, 3.05) is 18.5 Å². The van der Waals surface area contributed by atoms with E-state index in [9.17, 15) is 4.79 Å². The maximum Gasteiger partial charge on any atom is 0.235 e. The van der Waals surface area contributed by atoms with Crippen LogP contribution in [0.3, 0.4) is 0 Å². The van der Waals surface area contributed by atoms with Crippen LogP contribution in [0.4, 0.5) is 5.69 Å². The predicted molar refractivity (Wildman–Crippen MR) is 102 cm³/mol. The molecule has 1 aromatic carbocycles. The highest BCUT2D eigenvalue weighted by Gasteiger charge is 2.41. The lowest BCUT2D eigenvalue weighted by Gasteiger charge is -2.36. The fraction of sp³-hybridized carbons (Fsp3) is 0.429. The molecule has 0 radical (unpaired) electrons. The molecule has 0 bridgehead atoms. The van der Waals surface area contributed by atoms with Gasteiger partial charge < -0.3 is 14.8 Å².